The number of rotatable bonds is 6. The van der Waals surface area contributed by atoms with Gasteiger partial charge in [-0.3, -0.25) is 4.90 Å². The molecule has 1 atom stereocenters. The summed E-state index contributed by atoms with van der Waals surface area (Å²) < 4.78 is 2.16. The van der Waals surface area contributed by atoms with Crippen LogP contribution in [0.1, 0.15) is 74.5 Å². The minimum absolute atomic E-state index is 0.335. The van der Waals surface area contributed by atoms with Gasteiger partial charge >= 0.3 is 0 Å². The number of benzene rings is 1. The summed E-state index contributed by atoms with van der Waals surface area (Å²) in [6, 6.07) is 7.61. The second-order valence-corrected chi connectivity index (χ2v) is 8.54. The first-order valence-electron chi connectivity index (χ1n) is 11.0. The van der Waals surface area contributed by atoms with Crippen LogP contribution in [0, 0.1) is 13.8 Å². The number of piperazine rings is 1. The van der Waals surface area contributed by atoms with E-state index in [9.17, 15) is 0 Å². The Bertz CT molecular complexity index is 771. The summed E-state index contributed by atoms with van der Waals surface area (Å²) in [4.78, 5) is 5.16. The molecule has 0 bridgehead atoms. The van der Waals surface area contributed by atoms with Gasteiger partial charge in [0.25, 0.3) is 0 Å². The molecule has 0 amide bonds. The van der Waals surface area contributed by atoms with E-state index in [-0.39, 0.29) is 0 Å². The van der Waals surface area contributed by atoms with Gasteiger partial charge in [0.2, 0.25) is 0 Å². The summed E-state index contributed by atoms with van der Waals surface area (Å²) in [5, 5.41) is 13.0. The number of hydrogen-bond acceptors (Lipinski definition) is 5. The maximum Gasteiger partial charge on any atom is 0.168 e. The molecule has 1 aromatic heterocycles. The Morgan fingerprint density at radius 3 is 2.54 bits per heavy atom. The molecule has 1 aliphatic carbocycles. The van der Waals surface area contributed by atoms with Crippen molar-refractivity contribution in [2.75, 3.05) is 31.1 Å². The highest BCUT2D eigenvalue weighted by molar-refractivity contribution is 5.55. The fourth-order valence-corrected chi connectivity index (χ4v) is 4.91. The second kappa shape index (κ2) is 8.60. The van der Waals surface area contributed by atoms with E-state index in [1.54, 1.807) is 0 Å². The van der Waals surface area contributed by atoms with Crippen molar-refractivity contribution in [2.24, 2.45) is 0 Å². The summed E-state index contributed by atoms with van der Waals surface area (Å²) in [6.45, 7) is 10.9. The molecule has 2 aromatic rings. The summed E-state index contributed by atoms with van der Waals surface area (Å²) in [6.07, 6.45) is 7.32. The molecule has 1 saturated heterocycles. The molecule has 152 valence electrons. The average Bonchev–Trinajstić information content (AvgIpc) is 3.40. The maximum absolute atomic E-state index is 4.50. The number of anilines is 1. The number of hydrogen-bond donors (Lipinski definition) is 0. The third-order valence-electron chi connectivity index (χ3n) is 6.51. The van der Waals surface area contributed by atoms with Crippen LogP contribution in [0.4, 0.5) is 5.69 Å². The van der Waals surface area contributed by atoms with Gasteiger partial charge in [-0.2, -0.15) is 0 Å². The van der Waals surface area contributed by atoms with Crippen molar-refractivity contribution in [1.82, 2.24) is 25.1 Å². The molecular formula is C22H34N6. The average molecular weight is 383 g/mol. The highest BCUT2D eigenvalue weighted by Crippen LogP contribution is 2.33. The quantitative estimate of drug-likeness (QED) is 0.754. The van der Waals surface area contributed by atoms with Crippen LogP contribution in [0.15, 0.2) is 18.2 Å². The largest absolute Gasteiger partial charge is 0.369 e. The third kappa shape index (κ3) is 3.93. The van der Waals surface area contributed by atoms with E-state index >= 15 is 0 Å². The zero-order chi connectivity index (χ0) is 19.5. The predicted octanol–water partition coefficient (Wildman–Crippen LogP) is 4.07. The van der Waals surface area contributed by atoms with E-state index in [4.69, 9.17) is 0 Å². The Morgan fingerprint density at radius 1 is 1.07 bits per heavy atom. The monoisotopic (exact) mass is 382 g/mol. The smallest absolute Gasteiger partial charge is 0.168 e. The zero-order valence-corrected chi connectivity index (χ0v) is 17.6. The highest BCUT2D eigenvalue weighted by atomic mass is 15.6. The van der Waals surface area contributed by atoms with Crippen LogP contribution < -0.4 is 4.90 Å². The molecule has 1 aromatic carbocycles. The van der Waals surface area contributed by atoms with Crippen molar-refractivity contribution in [3.63, 3.8) is 0 Å². The van der Waals surface area contributed by atoms with Crippen molar-refractivity contribution in [1.29, 1.82) is 0 Å². The Kier molecular flexibility index (Phi) is 5.95. The summed E-state index contributed by atoms with van der Waals surface area (Å²) in [7, 11) is 0. The van der Waals surface area contributed by atoms with Gasteiger partial charge in [0, 0.05) is 31.9 Å². The molecule has 2 fully saturated rings. The van der Waals surface area contributed by atoms with E-state index in [1.165, 1.54) is 42.5 Å². The molecule has 1 unspecified atom stereocenters. The molecule has 28 heavy (non-hydrogen) atoms. The number of tetrazole rings is 1. The molecule has 1 aliphatic heterocycles. The van der Waals surface area contributed by atoms with Crippen LogP contribution in [0.25, 0.3) is 0 Å². The van der Waals surface area contributed by atoms with Crippen LogP contribution in [-0.4, -0.2) is 51.3 Å². The topological polar surface area (TPSA) is 50.1 Å². The molecule has 0 radical (unpaired) electrons. The second-order valence-electron chi connectivity index (χ2n) is 8.54. The molecule has 6 heteroatoms. The molecule has 1 saturated carbocycles. The first kappa shape index (κ1) is 19.4. The van der Waals surface area contributed by atoms with Gasteiger partial charge in [-0.1, -0.05) is 38.3 Å². The van der Waals surface area contributed by atoms with Gasteiger partial charge in [0.05, 0.1) is 12.1 Å². The predicted molar refractivity (Wildman–Crippen MR) is 113 cm³/mol. The minimum atomic E-state index is 0.335. The molecule has 0 N–H and O–H groups in total. The van der Waals surface area contributed by atoms with Crippen LogP contribution in [0.5, 0.6) is 0 Å². The SMILES string of the molecule is CCCC(c1nnnn1C1CCCC1)N1CCN(c2cc(C)ccc2C)CC1. The lowest BCUT2D eigenvalue weighted by Crippen LogP contribution is -2.48. The summed E-state index contributed by atoms with van der Waals surface area (Å²) in [5.41, 5.74) is 4.10. The summed E-state index contributed by atoms with van der Waals surface area (Å²) in [5.74, 6) is 1.09. The fraction of sp³-hybridized carbons (Fsp3) is 0.682. The van der Waals surface area contributed by atoms with Gasteiger partial charge < -0.3 is 4.90 Å². The van der Waals surface area contributed by atoms with E-state index in [2.05, 4.69) is 69.0 Å². The molecule has 6 nitrogen and oxygen atoms in total. The normalized spacial score (nSPS) is 20.0. The van der Waals surface area contributed by atoms with E-state index < -0.39 is 0 Å². The first-order chi connectivity index (χ1) is 13.7. The number of aryl methyl sites for hydroxylation is 2. The van der Waals surface area contributed by atoms with Gasteiger partial charge in [0.15, 0.2) is 5.82 Å². The molecular weight excluding hydrogens is 348 g/mol. The van der Waals surface area contributed by atoms with Crippen molar-refractivity contribution in [3.05, 3.63) is 35.2 Å². The standard InChI is InChI=1S/C22H34N6/c1-4-7-20(22-23-24-25-28(22)19-8-5-6-9-19)26-12-14-27(15-13-26)21-16-17(2)10-11-18(21)3/h10-11,16,19-20H,4-9,12-15H2,1-3H3. The Labute approximate surface area is 168 Å². The third-order valence-corrected chi connectivity index (χ3v) is 6.51. The van der Waals surface area contributed by atoms with Crippen LogP contribution >= 0.6 is 0 Å². The van der Waals surface area contributed by atoms with Gasteiger partial charge in [0.1, 0.15) is 0 Å². The first-order valence-corrected chi connectivity index (χ1v) is 11.0. The van der Waals surface area contributed by atoms with E-state index in [0.717, 1.165) is 44.8 Å². The van der Waals surface area contributed by atoms with Crippen molar-refractivity contribution in [3.8, 4) is 0 Å². The van der Waals surface area contributed by atoms with Crippen molar-refractivity contribution >= 4 is 5.69 Å². The van der Waals surface area contributed by atoms with Crippen LogP contribution in [0.3, 0.4) is 0 Å². The Hall–Kier alpha value is -1.95. The Balaban J connectivity index is 1.49. The van der Waals surface area contributed by atoms with Crippen LogP contribution in [-0.2, 0) is 0 Å². The minimum Gasteiger partial charge on any atom is -0.369 e. The zero-order valence-electron chi connectivity index (χ0n) is 17.6. The molecule has 0 spiro atoms. The molecule has 2 aliphatic rings. The number of nitrogens with zero attached hydrogens (tertiary/aromatic N) is 6. The summed E-state index contributed by atoms with van der Waals surface area (Å²) >= 11 is 0. The van der Waals surface area contributed by atoms with Gasteiger partial charge in [-0.15, -0.1) is 5.10 Å². The van der Waals surface area contributed by atoms with Crippen molar-refractivity contribution in [2.45, 2.75) is 71.4 Å². The van der Waals surface area contributed by atoms with E-state index in [1.807, 2.05) is 0 Å². The maximum atomic E-state index is 4.50. The van der Waals surface area contributed by atoms with Crippen LogP contribution in [0.2, 0.25) is 0 Å². The Morgan fingerprint density at radius 2 is 1.82 bits per heavy atom. The molecule has 4 rings (SSSR count). The lowest BCUT2D eigenvalue weighted by molar-refractivity contribution is 0.161. The van der Waals surface area contributed by atoms with E-state index in [0.29, 0.717) is 12.1 Å². The fourth-order valence-electron chi connectivity index (χ4n) is 4.91. The highest BCUT2D eigenvalue weighted by Gasteiger charge is 2.31. The number of aromatic nitrogens is 4. The lowest BCUT2D eigenvalue weighted by Gasteiger charge is -2.40. The molecule has 2 heterocycles. The van der Waals surface area contributed by atoms with Gasteiger partial charge in [-0.05, 0) is 60.7 Å². The van der Waals surface area contributed by atoms with Crippen molar-refractivity contribution < 1.29 is 0 Å². The lowest BCUT2D eigenvalue weighted by atomic mass is 10.1. The van der Waals surface area contributed by atoms with Gasteiger partial charge in [-0.25, -0.2) is 4.68 Å².